The third kappa shape index (κ3) is 3.10. The molecule has 1 fully saturated rings. The number of aromatic nitrogens is 6. The number of carbonyl (C=O) groups is 1. The molecule has 6 rings (SSSR count). The summed E-state index contributed by atoms with van der Waals surface area (Å²) in [4.78, 5) is 58.6. The zero-order valence-corrected chi connectivity index (χ0v) is 18.4. The van der Waals surface area contributed by atoms with Crippen molar-refractivity contribution >= 4 is 38.9 Å². The maximum absolute atomic E-state index is 13.1. The van der Waals surface area contributed by atoms with E-state index in [1.807, 2.05) is 30.5 Å². The second-order valence-electron chi connectivity index (χ2n) is 8.55. The van der Waals surface area contributed by atoms with Crippen molar-refractivity contribution in [1.82, 2.24) is 34.4 Å². The van der Waals surface area contributed by atoms with Gasteiger partial charge >= 0.3 is 5.69 Å². The molecule has 0 bridgehead atoms. The molecule has 1 aliphatic heterocycles. The van der Waals surface area contributed by atoms with Crippen LogP contribution in [0.4, 0.5) is 0 Å². The largest absolute Gasteiger partial charge is 0.345 e. The molecule has 0 radical (unpaired) electrons. The number of hydrogen-bond acceptors (Lipinski definition) is 6. The first-order valence-electron chi connectivity index (χ1n) is 11.1. The molecule has 5 aromatic heterocycles. The highest BCUT2D eigenvalue weighted by molar-refractivity contribution is 6.02. The van der Waals surface area contributed by atoms with E-state index in [0.29, 0.717) is 53.6 Å². The second-order valence-corrected chi connectivity index (χ2v) is 8.55. The molecule has 2 N–H and O–H groups in total. The van der Waals surface area contributed by atoms with Crippen LogP contribution in [0.15, 0.2) is 52.4 Å². The van der Waals surface area contributed by atoms with Crippen LogP contribution in [0.25, 0.3) is 44.2 Å². The molecule has 34 heavy (non-hydrogen) atoms. The van der Waals surface area contributed by atoms with Gasteiger partial charge in [-0.1, -0.05) is 0 Å². The Bertz CT molecular complexity index is 1710. The van der Waals surface area contributed by atoms with E-state index in [9.17, 15) is 14.4 Å². The van der Waals surface area contributed by atoms with Gasteiger partial charge in [0.1, 0.15) is 11.2 Å². The lowest BCUT2D eigenvalue weighted by Gasteiger charge is -2.32. The fourth-order valence-electron chi connectivity index (χ4n) is 4.89. The highest BCUT2D eigenvalue weighted by atomic mass is 16.2. The van der Waals surface area contributed by atoms with Crippen molar-refractivity contribution in [2.45, 2.75) is 25.8 Å². The van der Waals surface area contributed by atoms with Crippen molar-refractivity contribution in [2.24, 2.45) is 0 Å². The number of piperidine rings is 1. The number of aromatic amines is 2. The Balaban J connectivity index is 1.59. The van der Waals surface area contributed by atoms with E-state index in [0.717, 1.165) is 16.6 Å². The zero-order valence-electron chi connectivity index (χ0n) is 18.4. The number of nitrogens with zero attached hydrogens (tertiary/aromatic N) is 5. The predicted octanol–water partition coefficient (Wildman–Crippen LogP) is 2.36. The molecular formula is C24H21N7O3. The van der Waals surface area contributed by atoms with Crippen molar-refractivity contribution in [3.05, 3.63) is 63.7 Å². The molecule has 6 heterocycles. The van der Waals surface area contributed by atoms with Crippen LogP contribution in [0.5, 0.6) is 0 Å². The lowest BCUT2D eigenvalue weighted by atomic mass is 10.0. The molecule has 1 amide bonds. The van der Waals surface area contributed by atoms with E-state index >= 15 is 0 Å². The molecule has 0 aliphatic carbocycles. The molecule has 5 aromatic rings. The summed E-state index contributed by atoms with van der Waals surface area (Å²) in [5.74, 6) is 0.0197. The third-order valence-corrected chi connectivity index (χ3v) is 6.61. The summed E-state index contributed by atoms with van der Waals surface area (Å²) in [6.45, 7) is 2.65. The molecule has 0 unspecified atom stereocenters. The Labute approximate surface area is 192 Å². The number of H-pyrrole nitrogens is 2. The Morgan fingerprint density at radius 1 is 1.09 bits per heavy atom. The number of amides is 1. The number of carbonyl (C=O) groups excluding carboxylic acids is 1. The van der Waals surface area contributed by atoms with Crippen molar-refractivity contribution < 1.29 is 4.79 Å². The van der Waals surface area contributed by atoms with Gasteiger partial charge in [-0.2, -0.15) is 0 Å². The Kier molecular flexibility index (Phi) is 4.54. The average Bonchev–Trinajstić information content (AvgIpc) is 3.28. The molecule has 1 saturated heterocycles. The Morgan fingerprint density at radius 2 is 1.91 bits per heavy atom. The summed E-state index contributed by atoms with van der Waals surface area (Å²) in [6, 6.07) is 7.38. The lowest BCUT2D eigenvalue weighted by Crippen LogP contribution is -2.41. The fraction of sp³-hybridized carbons (Fsp3) is 0.250. The maximum Gasteiger partial charge on any atom is 0.329 e. The second kappa shape index (κ2) is 7.62. The number of nitrogens with one attached hydrogen (secondary N) is 2. The van der Waals surface area contributed by atoms with E-state index in [1.54, 1.807) is 22.6 Å². The number of fused-ring (bicyclic) bond motifs is 4. The van der Waals surface area contributed by atoms with Gasteiger partial charge in [0.25, 0.3) is 5.56 Å². The minimum atomic E-state index is -0.490. The minimum absolute atomic E-state index is 0.0197. The van der Waals surface area contributed by atoms with Crippen molar-refractivity contribution in [3.63, 3.8) is 0 Å². The van der Waals surface area contributed by atoms with E-state index in [-0.39, 0.29) is 11.9 Å². The highest BCUT2D eigenvalue weighted by Crippen LogP contribution is 2.31. The number of hydrogen-bond donors (Lipinski definition) is 2. The van der Waals surface area contributed by atoms with Crippen LogP contribution in [0.1, 0.15) is 25.8 Å². The maximum atomic E-state index is 13.1. The quantitative estimate of drug-likeness (QED) is 0.393. The summed E-state index contributed by atoms with van der Waals surface area (Å²) < 4.78 is 1.63. The summed E-state index contributed by atoms with van der Waals surface area (Å²) in [5.41, 5.74) is 2.90. The van der Waals surface area contributed by atoms with Gasteiger partial charge in [0, 0.05) is 55.6 Å². The Hall–Kier alpha value is -4.34. The fourth-order valence-corrected chi connectivity index (χ4v) is 4.89. The van der Waals surface area contributed by atoms with Crippen LogP contribution in [0, 0.1) is 0 Å². The van der Waals surface area contributed by atoms with Crippen LogP contribution in [-0.4, -0.2) is 53.4 Å². The summed E-state index contributed by atoms with van der Waals surface area (Å²) in [6.07, 6.45) is 6.28. The molecule has 1 aliphatic rings. The van der Waals surface area contributed by atoms with Crippen LogP contribution in [0.2, 0.25) is 0 Å². The summed E-state index contributed by atoms with van der Waals surface area (Å²) in [7, 11) is 0. The molecule has 10 nitrogen and oxygen atoms in total. The van der Waals surface area contributed by atoms with Gasteiger partial charge in [0.05, 0.1) is 22.1 Å². The smallest absolute Gasteiger partial charge is 0.329 e. The number of rotatable bonds is 2. The first-order chi connectivity index (χ1) is 16.5. The Morgan fingerprint density at radius 3 is 2.71 bits per heavy atom. The molecular weight excluding hydrogens is 434 g/mol. The van der Waals surface area contributed by atoms with E-state index < -0.39 is 11.2 Å². The molecule has 0 aromatic carbocycles. The highest BCUT2D eigenvalue weighted by Gasteiger charge is 2.26. The summed E-state index contributed by atoms with van der Waals surface area (Å²) in [5, 5.41) is 1.24. The zero-order chi connectivity index (χ0) is 23.4. The number of pyridine rings is 3. The van der Waals surface area contributed by atoms with Crippen LogP contribution in [-0.2, 0) is 4.79 Å². The van der Waals surface area contributed by atoms with Gasteiger partial charge < -0.3 is 9.88 Å². The van der Waals surface area contributed by atoms with Crippen molar-refractivity contribution in [2.75, 3.05) is 13.1 Å². The van der Waals surface area contributed by atoms with Crippen LogP contribution in [0.3, 0.4) is 0 Å². The molecule has 0 saturated carbocycles. The van der Waals surface area contributed by atoms with Gasteiger partial charge in [-0.25, -0.2) is 14.8 Å². The van der Waals surface area contributed by atoms with Gasteiger partial charge in [-0.3, -0.25) is 24.1 Å². The lowest BCUT2D eigenvalue weighted by molar-refractivity contribution is -0.130. The average molecular weight is 455 g/mol. The SMILES string of the molecule is CC(=O)N1CCC(n2c(=O)[nH]c(=O)c3cnc4ccc(-c5c[nH]c6ncccc56)nc4c32)CC1. The van der Waals surface area contributed by atoms with Gasteiger partial charge in [0.15, 0.2) is 0 Å². The van der Waals surface area contributed by atoms with Crippen molar-refractivity contribution in [1.29, 1.82) is 0 Å². The first-order valence-corrected chi connectivity index (χ1v) is 11.1. The predicted molar refractivity (Wildman–Crippen MR) is 128 cm³/mol. The van der Waals surface area contributed by atoms with Crippen molar-refractivity contribution in [3.8, 4) is 11.3 Å². The third-order valence-electron chi connectivity index (χ3n) is 6.61. The minimum Gasteiger partial charge on any atom is -0.345 e. The van der Waals surface area contributed by atoms with E-state index in [2.05, 4.69) is 19.9 Å². The molecule has 170 valence electrons. The van der Waals surface area contributed by atoms with Gasteiger partial charge in [-0.05, 0) is 37.1 Å². The van der Waals surface area contributed by atoms with E-state index in [4.69, 9.17) is 4.98 Å². The van der Waals surface area contributed by atoms with E-state index in [1.165, 1.54) is 6.20 Å². The summed E-state index contributed by atoms with van der Waals surface area (Å²) >= 11 is 0. The number of likely N-dealkylation sites (tertiary alicyclic amines) is 1. The molecule has 0 atom stereocenters. The normalized spacial score (nSPS) is 14.9. The monoisotopic (exact) mass is 455 g/mol. The topological polar surface area (TPSA) is 130 Å². The van der Waals surface area contributed by atoms with Crippen LogP contribution < -0.4 is 11.2 Å². The van der Waals surface area contributed by atoms with Crippen LogP contribution >= 0.6 is 0 Å². The van der Waals surface area contributed by atoms with Gasteiger partial charge in [0.2, 0.25) is 5.91 Å². The molecule has 10 heteroatoms. The van der Waals surface area contributed by atoms with Gasteiger partial charge in [-0.15, -0.1) is 0 Å². The first kappa shape index (κ1) is 20.3. The molecule has 0 spiro atoms. The standard InChI is InChI=1S/C24H21N7O3/c1-13(32)30-9-6-14(7-10-30)31-21-17(23(33)29-24(31)34)12-26-19-5-4-18(28-20(19)21)16-11-27-22-15(16)3-2-8-25-22/h2-5,8,11-12,14H,6-7,9-10H2,1H3,(H,25,27)(H,29,33,34).